The second-order valence-corrected chi connectivity index (χ2v) is 3.66. The second kappa shape index (κ2) is 3.57. The monoisotopic (exact) mass is 230 g/mol. The van der Waals surface area contributed by atoms with Crippen LogP contribution in [0.15, 0.2) is 36.7 Å². The van der Waals surface area contributed by atoms with Gasteiger partial charge < -0.3 is 4.98 Å². The number of nitrogens with zero attached hydrogens (tertiary/aromatic N) is 3. The van der Waals surface area contributed by atoms with Crippen LogP contribution in [0.2, 0.25) is 5.15 Å². The Hall–Kier alpha value is -1.94. The maximum absolute atomic E-state index is 6.02. The zero-order valence-electron chi connectivity index (χ0n) is 8.18. The van der Waals surface area contributed by atoms with Crippen LogP contribution in [0.5, 0.6) is 0 Å². The summed E-state index contributed by atoms with van der Waals surface area (Å²) >= 11 is 6.02. The van der Waals surface area contributed by atoms with E-state index >= 15 is 0 Å². The maximum Gasteiger partial charge on any atom is 0.163 e. The molecule has 0 aliphatic rings. The summed E-state index contributed by atoms with van der Waals surface area (Å²) in [7, 11) is 0. The molecular weight excluding hydrogens is 224 g/mol. The lowest BCUT2D eigenvalue weighted by Crippen LogP contribution is -1.90. The number of rotatable bonds is 1. The molecule has 0 aliphatic carbocycles. The first-order chi connectivity index (χ1) is 7.84. The Morgan fingerprint density at radius 1 is 1.06 bits per heavy atom. The van der Waals surface area contributed by atoms with Crippen molar-refractivity contribution in [1.29, 1.82) is 0 Å². The molecule has 78 valence electrons. The first kappa shape index (κ1) is 9.30. The van der Waals surface area contributed by atoms with Crippen LogP contribution >= 0.6 is 11.6 Å². The molecule has 2 heterocycles. The van der Waals surface area contributed by atoms with Gasteiger partial charge in [0, 0.05) is 5.56 Å². The summed E-state index contributed by atoms with van der Waals surface area (Å²) in [6.07, 6.45) is 1.56. The molecule has 0 spiro atoms. The van der Waals surface area contributed by atoms with Crippen molar-refractivity contribution in [2.24, 2.45) is 0 Å². The number of imidazole rings is 1. The number of fused-ring (bicyclic) bond motifs is 1. The van der Waals surface area contributed by atoms with E-state index in [1.165, 1.54) is 0 Å². The van der Waals surface area contributed by atoms with Gasteiger partial charge in [-0.15, -0.1) is 0 Å². The Bertz CT molecular complexity index is 633. The van der Waals surface area contributed by atoms with E-state index in [9.17, 15) is 0 Å². The number of hydrogen-bond donors (Lipinski definition) is 1. The minimum Gasteiger partial charge on any atom is -0.329 e. The number of halogens is 1. The molecule has 0 atom stereocenters. The van der Waals surface area contributed by atoms with Crippen LogP contribution < -0.4 is 0 Å². The van der Waals surface area contributed by atoms with Crippen molar-refractivity contribution in [3.63, 3.8) is 0 Å². The van der Waals surface area contributed by atoms with Gasteiger partial charge in [0.15, 0.2) is 16.6 Å². The summed E-state index contributed by atoms with van der Waals surface area (Å²) in [5.74, 6) is 0.599. The topological polar surface area (TPSA) is 54.5 Å². The summed E-state index contributed by atoms with van der Waals surface area (Å²) in [6.45, 7) is 0. The van der Waals surface area contributed by atoms with Gasteiger partial charge in [-0.2, -0.15) is 0 Å². The number of hydrogen-bond acceptors (Lipinski definition) is 3. The lowest BCUT2D eigenvalue weighted by molar-refractivity contribution is 1.21. The van der Waals surface area contributed by atoms with E-state index < -0.39 is 0 Å². The fourth-order valence-corrected chi connectivity index (χ4v) is 1.74. The van der Waals surface area contributed by atoms with Gasteiger partial charge in [0.05, 0.1) is 6.33 Å². The Morgan fingerprint density at radius 3 is 2.69 bits per heavy atom. The molecule has 1 aromatic carbocycles. The summed E-state index contributed by atoms with van der Waals surface area (Å²) in [5, 5.41) is 0.366. The summed E-state index contributed by atoms with van der Waals surface area (Å²) < 4.78 is 0. The van der Waals surface area contributed by atoms with Crippen molar-refractivity contribution < 1.29 is 0 Å². The van der Waals surface area contributed by atoms with E-state index in [2.05, 4.69) is 19.9 Å². The van der Waals surface area contributed by atoms with Crippen LogP contribution in [0, 0.1) is 0 Å². The highest BCUT2D eigenvalue weighted by atomic mass is 35.5. The van der Waals surface area contributed by atoms with E-state index in [0.29, 0.717) is 22.1 Å². The van der Waals surface area contributed by atoms with Crippen LogP contribution in [0.25, 0.3) is 22.6 Å². The van der Waals surface area contributed by atoms with Crippen LogP contribution in [-0.2, 0) is 0 Å². The van der Waals surface area contributed by atoms with Crippen molar-refractivity contribution in [1.82, 2.24) is 19.9 Å². The number of aromatic nitrogens is 4. The molecule has 0 aliphatic heterocycles. The lowest BCUT2D eigenvalue weighted by Gasteiger charge is -2.00. The van der Waals surface area contributed by atoms with Crippen LogP contribution in [0.3, 0.4) is 0 Å². The van der Waals surface area contributed by atoms with Gasteiger partial charge in [0.25, 0.3) is 0 Å². The third-order valence-corrected chi connectivity index (χ3v) is 2.53. The molecule has 1 N–H and O–H groups in total. The molecule has 0 bridgehead atoms. The zero-order chi connectivity index (χ0) is 11.0. The molecule has 3 aromatic rings. The SMILES string of the molecule is Clc1nc(-c2ccccc2)nc2[nH]cnc12. The molecule has 0 fully saturated rings. The number of benzene rings is 1. The van der Waals surface area contributed by atoms with Gasteiger partial charge in [0.2, 0.25) is 0 Å². The van der Waals surface area contributed by atoms with Gasteiger partial charge in [-0.1, -0.05) is 41.9 Å². The third kappa shape index (κ3) is 1.44. The largest absolute Gasteiger partial charge is 0.329 e. The molecule has 3 rings (SSSR count). The normalized spacial score (nSPS) is 10.8. The van der Waals surface area contributed by atoms with Gasteiger partial charge in [-0.25, -0.2) is 15.0 Å². The minimum absolute atomic E-state index is 0.366. The summed E-state index contributed by atoms with van der Waals surface area (Å²) in [5.41, 5.74) is 2.18. The van der Waals surface area contributed by atoms with Crippen molar-refractivity contribution in [2.75, 3.05) is 0 Å². The number of aromatic amines is 1. The van der Waals surface area contributed by atoms with E-state index in [1.807, 2.05) is 30.3 Å². The molecule has 16 heavy (non-hydrogen) atoms. The van der Waals surface area contributed by atoms with Crippen LogP contribution in [-0.4, -0.2) is 19.9 Å². The summed E-state index contributed by atoms with van der Waals surface area (Å²) in [6, 6.07) is 9.69. The highest BCUT2D eigenvalue weighted by Gasteiger charge is 2.08. The standard InChI is InChI=1S/C11H7ClN4/c12-9-8-11(14-6-13-8)16-10(15-9)7-4-2-1-3-5-7/h1-6H,(H,13,14,15,16). The van der Waals surface area contributed by atoms with Gasteiger partial charge in [-0.05, 0) is 0 Å². The fraction of sp³-hybridized carbons (Fsp3) is 0. The lowest BCUT2D eigenvalue weighted by atomic mass is 10.2. The van der Waals surface area contributed by atoms with E-state index in [4.69, 9.17) is 11.6 Å². The third-order valence-electron chi connectivity index (χ3n) is 2.27. The quantitative estimate of drug-likeness (QED) is 0.654. The van der Waals surface area contributed by atoms with Crippen LogP contribution in [0.4, 0.5) is 0 Å². The van der Waals surface area contributed by atoms with Crippen molar-refractivity contribution in [3.8, 4) is 11.4 Å². The fourth-order valence-electron chi connectivity index (χ4n) is 1.52. The van der Waals surface area contributed by atoms with E-state index in [0.717, 1.165) is 5.56 Å². The molecule has 0 saturated carbocycles. The molecule has 0 unspecified atom stereocenters. The maximum atomic E-state index is 6.02. The average Bonchev–Trinajstić information content (AvgIpc) is 2.79. The Balaban J connectivity index is 2.25. The average molecular weight is 231 g/mol. The highest BCUT2D eigenvalue weighted by Crippen LogP contribution is 2.21. The molecule has 0 radical (unpaired) electrons. The molecule has 2 aromatic heterocycles. The van der Waals surface area contributed by atoms with Gasteiger partial charge in [-0.3, -0.25) is 0 Å². The first-order valence-electron chi connectivity index (χ1n) is 4.76. The van der Waals surface area contributed by atoms with E-state index in [-0.39, 0.29) is 0 Å². The second-order valence-electron chi connectivity index (χ2n) is 3.30. The molecule has 4 nitrogen and oxygen atoms in total. The van der Waals surface area contributed by atoms with Crippen molar-refractivity contribution in [3.05, 3.63) is 41.8 Å². The van der Waals surface area contributed by atoms with Crippen molar-refractivity contribution >= 4 is 22.8 Å². The van der Waals surface area contributed by atoms with E-state index in [1.54, 1.807) is 6.33 Å². The smallest absolute Gasteiger partial charge is 0.163 e. The predicted octanol–water partition coefficient (Wildman–Crippen LogP) is 2.67. The van der Waals surface area contributed by atoms with Crippen LogP contribution in [0.1, 0.15) is 0 Å². The number of nitrogens with one attached hydrogen (secondary N) is 1. The molecule has 0 amide bonds. The Kier molecular flexibility index (Phi) is 2.08. The molecule has 5 heteroatoms. The molecular formula is C11H7ClN4. The number of H-pyrrole nitrogens is 1. The first-order valence-corrected chi connectivity index (χ1v) is 5.14. The predicted molar refractivity (Wildman–Crippen MR) is 62.1 cm³/mol. The Labute approximate surface area is 96.3 Å². The minimum atomic E-state index is 0.366. The molecule has 0 saturated heterocycles. The van der Waals surface area contributed by atoms with Gasteiger partial charge in [0.1, 0.15) is 5.52 Å². The zero-order valence-corrected chi connectivity index (χ0v) is 8.94. The van der Waals surface area contributed by atoms with Crippen molar-refractivity contribution in [2.45, 2.75) is 0 Å². The highest BCUT2D eigenvalue weighted by molar-refractivity contribution is 6.33. The van der Waals surface area contributed by atoms with Gasteiger partial charge >= 0.3 is 0 Å². The Morgan fingerprint density at radius 2 is 1.88 bits per heavy atom. The summed E-state index contributed by atoms with van der Waals surface area (Å²) in [4.78, 5) is 15.5.